The molecule has 0 bridgehead atoms. The summed E-state index contributed by atoms with van der Waals surface area (Å²) in [5.74, 6) is 0. The minimum atomic E-state index is -0.352. The average molecular weight is 851 g/mol. The maximum absolute atomic E-state index is 10.3. The summed E-state index contributed by atoms with van der Waals surface area (Å²) in [5.41, 5.74) is 5.70. The predicted octanol–water partition coefficient (Wildman–Crippen LogP) is -3.34. The van der Waals surface area contributed by atoms with E-state index in [1.165, 1.54) is 77.0 Å². The number of aliphatic hydroxyl groups excluding tert-OH is 1. The summed E-state index contributed by atoms with van der Waals surface area (Å²) in [7, 11) is 4.02. The number of hydrogen-bond donors (Lipinski definition) is 6. The van der Waals surface area contributed by atoms with Gasteiger partial charge in [-0.3, -0.25) is 0 Å². The largest absolute Gasteiger partial charge is 1.00 e. The molecule has 11 nitrogen and oxygen atoms in total. The number of nitrogens with two attached hydrogens (primary N) is 1. The van der Waals surface area contributed by atoms with Crippen molar-refractivity contribution in [2.24, 2.45) is 5.73 Å². The van der Waals surface area contributed by atoms with Gasteiger partial charge in [-0.05, 0) is 124 Å². The number of nitrogens with one attached hydrogen (secondary N) is 4. The number of unbranched alkanes of at least 4 members (excludes halogenated alkanes) is 9. The number of hydrogen-bond acceptors (Lipinski definition) is 7. The monoisotopic (exact) mass is 848 g/mol. The van der Waals surface area contributed by atoms with E-state index in [9.17, 15) is 5.11 Å². The summed E-state index contributed by atoms with van der Waals surface area (Å²) < 4.78 is 9.27. The Bertz CT molecular complexity index is 996. The molecule has 0 spiro atoms. The number of halogens is 2. The van der Waals surface area contributed by atoms with Gasteiger partial charge in [0.2, 0.25) is 12.7 Å². The van der Waals surface area contributed by atoms with Crippen molar-refractivity contribution in [1.82, 2.24) is 35.3 Å². The van der Waals surface area contributed by atoms with Gasteiger partial charge in [-0.2, -0.15) is 0 Å². The van der Waals surface area contributed by atoms with Crippen LogP contribution in [-0.2, 0) is 26.2 Å². The molecule has 0 saturated heterocycles. The molecule has 0 amide bonds. The summed E-state index contributed by atoms with van der Waals surface area (Å²) >= 11 is 0. The van der Waals surface area contributed by atoms with Crippen LogP contribution in [0.4, 0.5) is 0 Å². The first-order valence-corrected chi connectivity index (χ1v) is 20.1. The molecule has 300 valence electrons. The highest BCUT2D eigenvalue weighted by Crippen LogP contribution is 2.11. The summed E-state index contributed by atoms with van der Waals surface area (Å²) in [4.78, 5) is 2.51. The first-order valence-electron chi connectivity index (χ1n) is 20.1. The van der Waals surface area contributed by atoms with Crippen molar-refractivity contribution >= 4 is 0 Å². The lowest BCUT2D eigenvalue weighted by Crippen LogP contribution is -3.00. The molecular formula is C38H78Br2N10O. The van der Waals surface area contributed by atoms with E-state index in [4.69, 9.17) is 5.73 Å². The lowest BCUT2D eigenvalue weighted by atomic mass is 10.1. The van der Waals surface area contributed by atoms with Gasteiger partial charge < -0.3 is 71.0 Å². The molecule has 7 N–H and O–H groups in total. The minimum Gasteiger partial charge on any atom is -1.00 e. The van der Waals surface area contributed by atoms with Gasteiger partial charge in [-0.25, -0.2) is 18.3 Å². The topological polar surface area (TPSA) is 115 Å². The first kappa shape index (κ1) is 50.1. The van der Waals surface area contributed by atoms with Crippen molar-refractivity contribution in [2.45, 2.75) is 129 Å². The lowest BCUT2D eigenvalue weighted by Gasteiger charge is -2.22. The van der Waals surface area contributed by atoms with Crippen LogP contribution in [0.1, 0.15) is 96.3 Å². The van der Waals surface area contributed by atoms with E-state index in [-0.39, 0.29) is 40.1 Å². The van der Waals surface area contributed by atoms with Crippen LogP contribution in [-0.4, -0.2) is 105 Å². The Morgan fingerprint density at radius 3 is 1.49 bits per heavy atom. The molecule has 2 aromatic rings. The Hall–Kier alpha value is -0.900. The van der Waals surface area contributed by atoms with Crippen LogP contribution in [0.2, 0.25) is 0 Å². The highest BCUT2D eigenvalue weighted by molar-refractivity contribution is 4.68. The van der Waals surface area contributed by atoms with E-state index in [1.54, 1.807) is 0 Å². The third-order valence-corrected chi connectivity index (χ3v) is 9.36. The van der Waals surface area contributed by atoms with Crippen molar-refractivity contribution in [1.29, 1.82) is 0 Å². The second-order valence-electron chi connectivity index (χ2n) is 14.0. The fourth-order valence-electron chi connectivity index (χ4n) is 6.40. The standard InChI is InChI=1S/C38H78N10O.2BrH/c1-40-19-14-26-44(25-13-18-39)27-16-21-42-34-38(49)35-43-22-17-29-48-33-31-46(37-48)24-12-10-8-6-4-3-5-7-9-11-23-45-30-32-47(36-45)28-15-20-41-2;;/h30-33,36-38,40-43,49H,3-29,34-35,39H2,1-2H3;2*1H/q+2;;/p-2. The molecular weight excluding hydrogens is 772 g/mol. The number of aliphatic hydroxyl groups is 1. The quantitative estimate of drug-likeness (QED) is 0.0315. The molecule has 0 aliphatic heterocycles. The van der Waals surface area contributed by atoms with Gasteiger partial charge in [0.1, 0.15) is 24.8 Å². The van der Waals surface area contributed by atoms with E-state index >= 15 is 0 Å². The fraction of sp³-hybridized carbons (Fsp3) is 0.842. The average Bonchev–Trinajstić information content (AvgIpc) is 3.76. The second-order valence-corrected chi connectivity index (χ2v) is 14.0. The molecule has 13 heteroatoms. The van der Waals surface area contributed by atoms with Crippen molar-refractivity contribution in [3.05, 3.63) is 37.4 Å². The number of aryl methyl sites for hydroxylation is 4. The lowest BCUT2D eigenvalue weighted by molar-refractivity contribution is -0.696. The van der Waals surface area contributed by atoms with E-state index in [0.29, 0.717) is 13.1 Å². The number of rotatable bonds is 36. The number of imidazole rings is 2. The first-order chi connectivity index (χ1) is 24.1. The molecule has 1 atom stereocenters. The van der Waals surface area contributed by atoms with Gasteiger partial charge in [0.25, 0.3) is 0 Å². The summed E-state index contributed by atoms with van der Waals surface area (Å²) in [6.45, 7) is 13.7. The summed E-state index contributed by atoms with van der Waals surface area (Å²) in [6, 6.07) is 0. The van der Waals surface area contributed by atoms with Crippen LogP contribution in [0.5, 0.6) is 0 Å². The highest BCUT2D eigenvalue weighted by atomic mass is 79.9. The van der Waals surface area contributed by atoms with Crippen LogP contribution >= 0.6 is 0 Å². The van der Waals surface area contributed by atoms with Crippen LogP contribution in [0.3, 0.4) is 0 Å². The van der Waals surface area contributed by atoms with Crippen LogP contribution in [0, 0.1) is 0 Å². The zero-order valence-corrected chi connectivity index (χ0v) is 35.7. The van der Waals surface area contributed by atoms with E-state index < -0.39 is 0 Å². The van der Waals surface area contributed by atoms with Crippen molar-refractivity contribution < 1.29 is 48.2 Å². The van der Waals surface area contributed by atoms with E-state index in [0.717, 1.165) is 97.8 Å². The SMILES string of the molecule is CNCCCN(CCCN)CCCNCC(O)CNCCC[n+]1ccn(CCCCCCCCCCCCn2cc[n+](CCCNC)c2)c1.[Br-].[Br-]. The fourth-order valence-corrected chi connectivity index (χ4v) is 6.40. The Balaban J connectivity index is 0.0000125. The molecule has 51 heavy (non-hydrogen) atoms. The molecule has 2 rings (SSSR count). The summed E-state index contributed by atoms with van der Waals surface area (Å²) in [6.07, 6.45) is 32.1. The molecule has 2 aromatic heterocycles. The molecule has 0 aliphatic rings. The van der Waals surface area contributed by atoms with E-state index in [1.807, 2.05) is 14.1 Å². The van der Waals surface area contributed by atoms with Crippen molar-refractivity contribution in [3.8, 4) is 0 Å². The van der Waals surface area contributed by atoms with Gasteiger partial charge >= 0.3 is 0 Å². The van der Waals surface area contributed by atoms with Gasteiger partial charge in [0.15, 0.2) is 0 Å². The third-order valence-electron chi connectivity index (χ3n) is 9.36. The van der Waals surface area contributed by atoms with Crippen molar-refractivity contribution in [3.63, 3.8) is 0 Å². The molecule has 0 fully saturated rings. The van der Waals surface area contributed by atoms with Gasteiger partial charge in [-0.1, -0.05) is 38.5 Å². The maximum Gasteiger partial charge on any atom is 0.243 e. The zero-order valence-electron chi connectivity index (χ0n) is 32.6. The van der Waals surface area contributed by atoms with Crippen molar-refractivity contribution in [2.75, 3.05) is 79.5 Å². The number of aromatic nitrogens is 4. The minimum absolute atomic E-state index is 0. The Labute approximate surface area is 333 Å². The Morgan fingerprint density at radius 1 is 0.588 bits per heavy atom. The third kappa shape index (κ3) is 28.2. The molecule has 0 saturated carbocycles. The van der Waals surface area contributed by atoms with Crippen LogP contribution < -0.4 is 70.1 Å². The Morgan fingerprint density at radius 2 is 1.00 bits per heavy atom. The maximum atomic E-state index is 10.3. The number of nitrogens with zero attached hydrogens (tertiary/aromatic N) is 5. The van der Waals surface area contributed by atoms with E-state index in [2.05, 4.69) is 81.9 Å². The van der Waals surface area contributed by atoms with Crippen LogP contribution in [0.25, 0.3) is 0 Å². The zero-order chi connectivity index (χ0) is 35.0. The summed E-state index contributed by atoms with van der Waals surface area (Å²) in [5, 5.41) is 23.6. The molecule has 1 unspecified atom stereocenters. The predicted molar refractivity (Wildman–Crippen MR) is 204 cm³/mol. The molecule has 0 aliphatic carbocycles. The molecule has 0 aromatic carbocycles. The van der Waals surface area contributed by atoms with Crippen LogP contribution in [0.15, 0.2) is 37.4 Å². The van der Waals surface area contributed by atoms with Gasteiger partial charge in [0.05, 0.1) is 32.3 Å². The van der Waals surface area contributed by atoms with Gasteiger partial charge in [-0.15, -0.1) is 0 Å². The normalized spacial score (nSPS) is 11.9. The second kappa shape index (κ2) is 36.1. The Kier molecular flexibility index (Phi) is 35.5. The highest BCUT2D eigenvalue weighted by Gasteiger charge is 2.08. The van der Waals surface area contributed by atoms with Gasteiger partial charge in [0, 0.05) is 13.1 Å². The molecule has 2 heterocycles. The molecule has 0 radical (unpaired) electrons. The smallest absolute Gasteiger partial charge is 0.243 e.